The fourth-order valence-corrected chi connectivity index (χ4v) is 7.25. The summed E-state index contributed by atoms with van der Waals surface area (Å²) in [6, 6.07) is 35.2. The van der Waals surface area contributed by atoms with Crippen molar-refractivity contribution >= 4 is 0 Å². The van der Waals surface area contributed by atoms with Crippen LogP contribution in [0.4, 0.5) is 0 Å². The topological polar surface area (TPSA) is 35.1 Å². The summed E-state index contributed by atoms with van der Waals surface area (Å²) in [6.07, 6.45) is 13.0. The number of hydrogen-bond acceptors (Lipinski definition) is 2. The van der Waals surface area contributed by atoms with Crippen molar-refractivity contribution in [2.75, 3.05) is 0 Å². The van der Waals surface area contributed by atoms with Gasteiger partial charge in [-0.1, -0.05) is 84.9 Å². The highest BCUT2D eigenvalue weighted by Crippen LogP contribution is 2.60. The molecule has 5 heteroatoms. The van der Waals surface area contributed by atoms with Crippen LogP contribution < -0.4 is 17.0 Å². The number of fused-ring (bicyclic) bond motifs is 1. The molecule has 0 N–H and O–H groups in total. The minimum absolute atomic E-state index is 0. The van der Waals surface area contributed by atoms with Gasteiger partial charge in [0.25, 0.3) is 5.82 Å². The summed E-state index contributed by atoms with van der Waals surface area (Å²) in [5.41, 5.74) is 7.40. The van der Waals surface area contributed by atoms with Gasteiger partial charge in [-0.3, -0.25) is 0 Å². The lowest BCUT2D eigenvalue weighted by Gasteiger charge is -2.49. The van der Waals surface area contributed by atoms with Crippen molar-refractivity contribution < 1.29 is 25.8 Å². The highest BCUT2D eigenvalue weighted by atomic mass is 35.5. The van der Waals surface area contributed by atoms with Crippen molar-refractivity contribution in [3.63, 3.8) is 0 Å². The molecule has 0 radical (unpaired) electrons. The molecule has 0 amide bonds. The molecular weight excluding hydrogens is 504 g/mol. The molecule has 5 heterocycles. The molecule has 9 rings (SSSR count). The SMILES string of the molecule is [Cl-].c1ccc(C(c2ccccc2)n2cc[n+]3c2C2c4ccccc4C3CC2(c2ccoc2)c2ccoc2)cc1. The number of hydrogen-bond donors (Lipinski definition) is 0. The third-order valence-electron chi connectivity index (χ3n) is 8.77. The molecule has 2 unspecified atom stereocenters. The Morgan fingerprint density at radius 1 is 0.718 bits per heavy atom. The molecule has 0 spiro atoms. The first-order valence-corrected chi connectivity index (χ1v) is 13.2. The van der Waals surface area contributed by atoms with Crippen LogP contribution in [0.15, 0.2) is 143 Å². The smallest absolute Gasteiger partial charge is 0.266 e. The van der Waals surface area contributed by atoms with E-state index >= 15 is 0 Å². The molecule has 6 aromatic rings. The van der Waals surface area contributed by atoms with Crippen LogP contribution in [0.1, 0.15) is 63.6 Å². The van der Waals surface area contributed by atoms with Gasteiger partial charge in [-0.25, -0.2) is 9.13 Å². The van der Waals surface area contributed by atoms with Crippen LogP contribution in [0, 0.1) is 0 Å². The van der Waals surface area contributed by atoms with Gasteiger partial charge in [-0.2, -0.15) is 0 Å². The second-order valence-corrected chi connectivity index (χ2v) is 10.5. The van der Waals surface area contributed by atoms with Crippen molar-refractivity contribution in [2.45, 2.75) is 29.8 Å². The summed E-state index contributed by atoms with van der Waals surface area (Å²) < 4.78 is 16.5. The normalized spacial score (nSPS) is 18.4. The third-order valence-corrected chi connectivity index (χ3v) is 8.77. The van der Waals surface area contributed by atoms with Gasteiger partial charge < -0.3 is 21.2 Å². The summed E-state index contributed by atoms with van der Waals surface area (Å²) in [5.74, 6) is 1.38. The van der Waals surface area contributed by atoms with E-state index in [1.54, 1.807) is 12.5 Å². The van der Waals surface area contributed by atoms with E-state index < -0.39 is 0 Å². The largest absolute Gasteiger partial charge is 1.00 e. The highest BCUT2D eigenvalue weighted by Gasteiger charge is 2.61. The maximum absolute atomic E-state index is 5.73. The standard InChI is InChI=1S/C34H27N2O2.ClH/c1-3-9-24(10-4-1)32(25-11-5-2-6-12-25)36-18-17-35-30-21-34(26-15-19-37-22-26,27-16-20-38-23-27)31(33(35)36)29-14-8-7-13-28(29)30;/h1-20,22-23,30-32H,21H2;1H/q+1;/p-1. The van der Waals surface area contributed by atoms with Crippen LogP contribution in [0.3, 0.4) is 0 Å². The van der Waals surface area contributed by atoms with Gasteiger partial charge in [0.1, 0.15) is 24.4 Å². The summed E-state index contributed by atoms with van der Waals surface area (Å²) >= 11 is 0. The molecule has 0 saturated heterocycles. The van der Waals surface area contributed by atoms with Crippen LogP contribution >= 0.6 is 0 Å². The first-order chi connectivity index (χ1) is 18.9. The number of nitrogens with zero attached hydrogens (tertiary/aromatic N) is 2. The number of aromatic nitrogens is 2. The zero-order chi connectivity index (χ0) is 25.1. The fourth-order valence-electron chi connectivity index (χ4n) is 7.25. The molecule has 2 aliphatic heterocycles. The average Bonchev–Trinajstić information content (AvgIpc) is 3.78. The first-order valence-electron chi connectivity index (χ1n) is 13.2. The van der Waals surface area contributed by atoms with Crippen molar-refractivity contribution in [3.05, 3.63) is 174 Å². The molecule has 3 aromatic heterocycles. The minimum atomic E-state index is -0.312. The molecule has 0 fully saturated rings. The monoisotopic (exact) mass is 530 g/mol. The summed E-state index contributed by atoms with van der Waals surface area (Å²) in [4.78, 5) is 0. The van der Waals surface area contributed by atoms with Crippen LogP contribution in [0.2, 0.25) is 0 Å². The number of imidazole rings is 1. The summed E-state index contributed by atoms with van der Waals surface area (Å²) in [5, 5.41) is 0. The molecule has 3 aromatic carbocycles. The van der Waals surface area contributed by atoms with E-state index in [2.05, 4.69) is 119 Å². The van der Waals surface area contributed by atoms with Crippen LogP contribution in [0.5, 0.6) is 0 Å². The van der Waals surface area contributed by atoms with Crippen LogP contribution in [0.25, 0.3) is 0 Å². The lowest BCUT2D eigenvalue weighted by molar-refractivity contribution is -0.732. The fraction of sp³-hybridized carbons (Fsp3) is 0.147. The second-order valence-electron chi connectivity index (χ2n) is 10.5. The maximum atomic E-state index is 5.73. The number of benzene rings is 3. The molecule has 4 nitrogen and oxygen atoms in total. The molecule has 0 saturated carbocycles. The van der Waals surface area contributed by atoms with Crippen molar-refractivity contribution in [3.8, 4) is 0 Å². The maximum Gasteiger partial charge on any atom is 0.266 e. The molecule has 192 valence electrons. The zero-order valence-corrected chi connectivity index (χ0v) is 22.0. The Bertz CT molecular complexity index is 1630. The van der Waals surface area contributed by atoms with E-state index in [4.69, 9.17) is 8.83 Å². The quantitative estimate of drug-likeness (QED) is 0.316. The Balaban J connectivity index is 0.00000253. The van der Waals surface area contributed by atoms with Gasteiger partial charge in [0.2, 0.25) is 0 Å². The Morgan fingerprint density at radius 2 is 1.28 bits per heavy atom. The molecule has 39 heavy (non-hydrogen) atoms. The predicted octanol–water partition coefficient (Wildman–Crippen LogP) is 4.03. The number of furan rings is 2. The first kappa shape index (κ1) is 23.8. The van der Waals surface area contributed by atoms with Gasteiger partial charge >= 0.3 is 0 Å². The number of rotatable bonds is 5. The zero-order valence-electron chi connectivity index (χ0n) is 21.2. The Hall–Kier alpha value is -4.28. The van der Waals surface area contributed by atoms with E-state index in [1.165, 1.54) is 39.2 Å². The Morgan fingerprint density at radius 3 is 1.85 bits per heavy atom. The van der Waals surface area contributed by atoms with Gasteiger partial charge in [-0.05, 0) is 17.7 Å². The average molecular weight is 531 g/mol. The van der Waals surface area contributed by atoms with Gasteiger partial charge in [0.05, 0.1) is 25.1 Å². The second kappa shape index (κ2) is 9.18. The van der Waals surface area contributed by atoms with Crippen molar-refractivity contribution in [2.24, 2.45) is 0 Å². The lowest BCUT2D eigenvalue weighted by atomic mass is 9.55. The predicted molar refractivity (Wildman–Crippen MR) is 144 cm³/mol. The lowest BCUT2D eigenvalue weighted by Crippen LogP contribution is -3.00. The van der Waals surface area contributed by atoms with Crippen molar-refractivity contribution in [1.82, 2.24) is 4.57 Å². The summed E-state index contributed by atoms with van der Waals surface area (Å²) in [7, 11) is 0. The molecular formula is C34H27ClN2O2. The van der Waals surface area contributed by atoms with E-state index in [0.29, 0.717) is 0 Å². The van der Waals surface area contributed by atoms with E-state index in [-0.39, 0.29) is 35.8 Å². The van der Waals surface area contributed by atoms with Crippen LogP contribution in [-0.4, -0.2) is 4.57 Å². The molecule has 2 atom stereocenters. The van der Waals surface area contributed by atoms with Gasteiger partial charge in [0, 0.05) is 39.7 Å². The van der Waals surface area contributed by atoms with Gasteiger partial charge in [0.15, 0.2) is 6.04 Å². The molecule has 3 aliphatic rings. The molecule has 2 bridgehead atoms. The van der Waals surface area contributed by atoms with Crippen molar-refractivity contribution in [1.29, 1.82) is 0 Å². The third kappa shape index (κ3) is 3.34. The Labute approximate surface area is 233 Å². The van der Waals surface area contributed by atoms with Gasteiger partial charge in [-0.15, -0.1) is 0 Å². The van der Waals surface area contributed by atoms with E-state index in [9.17, 15) is 0 Å². The summed E-state index contributed by atoms with van der Waals surface area (Å²) in [6.45, 7) is 0. The van der Waals surface area contributed by atoms with Crippen LogP contribution in [-0.2, 0) is 5.41 Å². The van der Waals surface area contributed by atoms with E-state index in [0.717, 1.165) is 6.42 Å². The minimum Gasteiger partial charge on any atom is -1.00 e. The van der Waals surface area contributed by atoms with E-state index in [1.807, 2.05) is 12.5 Å². The highest BCUT2D eigenvalue weighted by molar-refractivity contribution is 5.53. The Kier molecular flexibility index (Phi) is 5.60. The number of halogens is 1. The molecule has 1 aliphatic carbocycles.